The zero-order chi connectivity index (χ0) is 11.8. The highest BCUT2D eigenvalue weighted by Crippen LogP contribution is 2.37. The normalized spacial score (nSPS) is 27.0. The summed E-state index contributed by atoms with van der Waals surface area (Å²) in [6, 6.07) is 4.40. The van der Waals surface area contributed by atoms with E-state index in [2.05, 4.69) is 15.9 Å². The lowest BCUT2D eigenvalue weighted by Crippen LogP contribution is -2.38. The fourth-order valence-corrected chi connectivity index (χ4v) is 2.51. The average molecular weight is 288 g/mol. The van der Waals surface area contributed by atoms with E-state index in [1.54, 1.807) is 12.1 Å². The van der Waals surface area contributed by atoms with Crippen LogP contribution in [0.2, 0.25) is 0 Å². The molecular weight excluding hydrogens is 273 g/mol. The van der Waals surface area contributed by atoms with Crippen LogP contribution in [0.15, 0.2) is 22.7 Å². The first-order valence-corrected chi connectivity index (χ1v) is 6.17. The lowest BCUT2D eigenvalue weighted by atomic mass is 9.88. The maximum absolute atomic E-state index is 13.7. The summed E-state index contributed by atoms with van der Waals surface area (Å²) in [7, 11) is 0. The summed E-state index contributed by atoms with van der Waals surface area (Å²) >= 11 is 3.33. The molecular formula is C12H15BrFNO. The first-order chi connectivity index (χ1) is 7.53. The van der Waals surface area contributed by atoms with Gasteiger partial charge in [0.1, 0.15) is 5.82 Å². The van der Waals surface area contributed by atoms with Crippen LogP contribution in [0.4, 0.5) is 4.39 Å². The Hall–Kier alpha value is -0.450. The molecule has 0 spiro atoms. The van der Waals surface area contributed by atoms with Crippen molar-refractivity contribution in [3.63, 3.8) is 0 Å². The summed E-state index contributed by atoms with van der Waals surface area (Å²) in [5.74, 6) is -0.271. The van der Waals surface area contributed by atoms with Gasteiger partial charge in [0.15, 0.2) is 0 Å². The fourth-order valence-electron chi connectivity index (χ4n) is 2.13. The summed E-state index contributed by atoms with van der Waals surface area (Å²) in [5.41, 5.74) is 6.19. The van der Waals surface area contributed by atoms with Crippen molar-refractivity contribution in [2.75, 3.05) is 6.61 Å². The summed E-state index contributed by atoms with van der Waals surface area (Å²) < 4.78 is 20.2. The Labute approximate surface area is 103 Å². The van der Waals surface area contributed by atoms with Gasteiger partial charge in [-0.2, -0.15) is 0 Å². The molecule has 1 aromatic rings. The van der Waals surface area contributed by atoms with Gasteiger partial charge in [0.2, 0.25) is 0 Å². The fraction of sp³-hybridized carbons (Fsp3) is 0.500. The highest BCUT2D eigenvalue weighted by atomic mass is 79.9. The molecule has 88 valence electrons. The summed E-state index contributed by atoms with van der Waals surface area (Å²) in [4.78, 5) is 0. The smallest absolute Gasteiger partial charge is 0.128 e. The Bertz CT molecular complexity index is 391. The van der Waals surface area contributed by atoms with E-state index >= 15 is 0 Å². The van der Waals surface area contributed by atoms with Crippen molar-refractivity contribution < 1.29 is 9.13 Å². The van der Waals surface area contributed by atoms with Crippen LogP contribution in [0.1, 0.15) is 31.4 Å². The average Bonchev–Trinajstić information content (AvgIpc) is 2.69. The predicted molar refractivity (Wildman–Crippen MR) is 64.6 cm³/mol. The molecule has 2 N–H and O–H groups in total. The second kappa shape index (κ2) is 4.43. The molecule has 0 amide bonds. The van der Waals surface area contributed by atoms with Gasteiger partial charge in [0.05, 0.1) is 11.6 Å². The Morgan fingerprint density at radius 2 is 2.31 bits per heavy atom. The van der Waals surface area contributed by atoms with Crippen molar-refractivity contribution in [1.82, 2.24) is 0 Å². The highest BCUT2D eigenvalue weighted by molar-refractivity contribution is 9.10. The third-order valence-corrected chi connectivity index (χ3v) is 3.69. The van der Waals surface area contributed by atoms with Gasteiger partial charge in [-0.05, 0) is 38.0 Å². The van der Waals surface area contributed by atoms with Gasteiger partial charge < -0.3 is 10.5 Å². The topological polar surface area (TPSA) is 35.2 Å². The molecule has 1 aliphatic heterocycles. The quantitative estimate of drug-likeness (QED) is 0.907. The molecule has 1 aliphatic rings. The minimum absolute atomic E-state index is 0.271. The van der Waals surface area contributed by atoms with E-state index in [0.29, 0.717) is 12.2 Å². The number of rotatable bonds is 2. The lowest BCUT2D eigenvalue weighted by molar-refractivity contribution is -0.00258. The van der Waals surface area contributed by atoms with E-state index in [1.165, 1.54) is 6.07 Å². The van der Waals surface area contributed by atoms with Gasteiger partial charge in [0.25, 0.3) is 0 Å². The van der Waals surface area contributed by atoms with E-state index < -0.39 is 11.6 Å². The van der Waals surface area contributed by atoms with Gasteiger partial charge >= 0.3 is 0 Å². The maximum atomic E-state index is 13.7. The van der Waals surface area contributed by atoms with Gasteiger partial charge in [-0.3, -0.25) is 0 Å². The van der Waals surface area contributed by atoms with Crippen molar-refractivity contribution >= 4 is 15.9 Å². The second-order valence-corrected chi connectivity index (χ2v) is 5.32. The molecule has 2 atom stereocenters. The summed E-state index contributed by atoms with van der Waals surface area (Å²) in [5, 5.41) is 0. The van der Waals surface area contributed by atoms with Crippen LogP contribution in [-0.2, 0) is 4.74 Å². The third kappa shape index (κ3) is 2.14. The van der Waals surface area contributed by atoms with Gasteiger partial charge in [-0.1, -0.05) is 15.9 Å². The number of nitrogens with two attached hydrogens (primary N) is 1. The van der Waals surface area contributed by atoms with Crippen LogP contribution in [0, 0.1) is 5.82 Å². The number of hydrogen-bond donors (Lipinski definition) is 1. The summed E-state index contributed by atoms with van der Waals surface area (Å²) in [6.07, 6.45) is 1.86. The van der Waals surface area contributed by atoms with E-state index in [0.717, 1.165) is 17.3 Å². The van der Waals surface area contributed by atoms with Crippen LogP contribution >= 0.6 is 15.9 Å². The first-order valence-electron chi connectivity index (χ1n) is 5.37. The number of halogens is 2. The van der Waals surface area contributed by atoms with Crippen LogP contribution in [0.3, 0.4) is 0 Å². The van der Waals surface area contributed by atoms with Crippen molar-refractivity contribution in [3.05, 3.63) is 34.1 Å². The molecule has 2 nitrogen and oxygen atoms in total. The molecule has 0 aromatic heterocycles. The maximum Gasteiger partial charge on any atom is 0.128 e. The molecule has 1 aromatic carbocycles. The third-order valence-electron chi connectivity index (χ3n) is 3.20. The van der Waals surface area contributed by atoms with Crippen LogP contribution in [0.5, 0.6) is 0 Å². The van der Waals surface area contributed by atoms with E-state index in [-0.39, 0.29) is 5.82 Å². The van der Waals surface area contributed by atoms with Crippen LogP contribution in [0.25, 0.3) is 0 Å². The Balaban J connectivity index is 2.32. The zero-order valence-corrected chi connectivity index (χ0v) is 10.8. The van der Waals surface area contributed by atoms with Gasteiger partial charge in [-0.15, -0.1) is 0 Å². The Morgan fingerprint density at radius 3 is 2.94 bits per heavy atom. The Morgan fingerprint density at radius 1 is 1.56 bits per heavy atom. The largest absolute Gasteiger partial charge is 0.373 e. The van der Waals surface area contributed by atoms with E-state index in [9.17, 15) is 4.39 Å². The van der Waals surface area contributed by atoms with Gasteiger partial charge in [0, 0.05) is 16.6 Å². The molecule has 0 bridgehead atoms. The molecule has 1 heterocycles. The molecule has 4 heteroatoms. The minimum atomic E-state index is -0.443. The molecule has 0 radical (unpaired) electrons. The number of benzene rings is 1. The summed E-state index contributed by atoms with van der Waals surface area (Å²) in [6.45, 7) is 2.66. The van der Waals surface area contributed by atoms with Crippen molar-refractivity contribution in [1.29, 1.82) is 0 Å². The van der Waals surface area contributed by atoms with Crippen LogP contribution in [-0.4, -0.2) is 12.2 Å². The van der Waals surface area contributed by atoms with E-state index in [4.69, 9.17) is 10.5 Å². The van der Waals surface area contributed by atoms with Crippen LogP contribution < -0.4 is 5.73 Å². The molecule has 1 saturated heterocycles. The first kappa shape index (κ1) is 12.0. The molecule has 2 unspecified atom stereocenters. The Kier molecular flexibility index (Phi) is 3.33. The van der Waals surface area contributed by atoms with Crippen molar-refractivity contribution in [2.45, 2.75) is 31.4 Å². The predicted octanol–water partition coefficient (Wildman–Crippen LogP) is 3.16. The molecule has 2 rings (SSSR count). The SMILES string of the molecule is CC1(C(N)c2cc(Br)ccc2F)CCCO1. The molecule has 16 heavy (non-hydrogen) atoms. The van der Waals surface area contributed by atoms with E-state index in [1.807, 2.05) is 6.92 Å². The molecule has 1 fully saturated rings. The number of ether oxygens (including phenoxy) is 1. The van der Waals surface area contributed by atoms with Gasteiger partial charge in [-0.25, -0.2) is 4.39 Å². The highest BCUT2D eigenvalue weighted by Gasteiger charge is 2.38. The second-order valence-electron chi connectivity index (χ2n) is 4.41. The van der Waals surface area contributed by atoms with Crippen molar-refractivity contribution in [2.24, 2.45) is 5.73 Å². The van der Waals surface area contributed by atoms with Crippen molar-refractivity contribution in [3.8, 4) is 0 Å². The monoisotopic (exact) mass is 287 g/mol. The molecule has 0 aliphatic carbocycles. The zero-order valence-electron chi connectivity index (χ0n) is 9.17. The lowest BCUT2D eigenvalue weighted by Gasteiger charge is -2.31. The molecule has 0 saturated carbocycles. The minimum Gasteiger partial charge on any atom is -0.373 e. The number of hydrogen-bond acceptors (Lipinski definition) is 2. The standard InChI is InChI=1S/C12H15BrFNO/c1-12(5-2-6-16-12)11(15)9-7-8(13)3-4-10(9)14/h3-4,7,11H,2,5-6,15H2,1H3.